The first-order valence-electron chi connectivity index (χ1n) is 13.0. The van der Waals surface area contributed by atoms with Crippen LogP contribution in [0.5, 0.6) is 0 Å². The van der Waals surface area contributed by atoms with Crippen molar-refractivity contribution in [2.24, 2.45) is 0 Å². The van der Waals surface area contributed by atoms with Gasteiger partial charge in [-0.3, -0.25) is 0 Å². The van der Waals surface area contributed by atoms with Gasteiger partial charge in [0, 0.05) is 33.2 Å². The fraction of sp³-hybridized carbons (Fsp3) is 0.0294. The van der Waals surface area contributed by atoms with Crippen molar-refractivity contribution in [2.45, 2.75) is 6.92 Å². The van der Waals surface area contributed by atoms with Gasteiger partial charge < -0.3 is 15.1 Å². The van der Waals surface area contributed by atoms with Crippen LogP contribution in [0.3, 0.4) is 0 Å². The van der Waals surface area contributed by atoms with Crippen LogP contribution in [0.1, 0.15) is 38.7 Å². The number of aromatic amines is 2. The molecule has 0 amide bonds. The summed E-state index contributed by atoms with van der Waals surface area (Å²) in [7, 11) is 0. The fourth-order valence-corrected chi connectivity index (χ4v) is 5.18. The molecule has 6 nitrogen and oxygen atoms in total. The van der Waals surface area contributed by atoms with Crippen molar-refractivity contribution in [1.29, 1.82) is 0 Å². The summed E-state index contributed by atoms with van der Waals surface area (Å²) in [5.41, 5.74) is 12.3. The van der Waals surface area contributed by atoms with Crippen molar-refractivity contribution in [3.63, 3.8) is 0 Å². The number of rotatable bonds is 3. The molecule has 0 saturated heterocycles. The molecule has 0 spiro atoms. The van der Waals surface area contributed by atoms with Crippen molar-refractivity contribution >= 4 is 52.3 Å². The molecule has 192 valence electrons. The number of carboxylic acids is 1. The first-order chi connectivity index (χ1) is 19.5. The molecule has 5 heterocycles. The Hall–Kier alpha value is -5.49. The maximum atomic E-state index is 11.5. The standard InChI is InChI=1S/C34H24N4O2/c1-20-2-4-21(5-3-20)32-28-14-12-26(36-28)18-24-10-11-25(35-24)19-27-13-15-29(37-27)33(31-17-16-30(32)38-31)22-6-8-23(9-7-22)34(39)40/h2-19,36-37H,1H3,(H,39,40). The van der Waals surface area contributed by atoms with Crippen LogP contribution in [0.15, 0.2) is 84.9 Å². The second-order valence-corrected chi connectivity index (χ2v) is 9.95. The first kappa shape index (κ1) is 23.6. The van der Waals surface area contributed by atoms with E-state index in [0.717, 1.165) is 67.1 Å². The number of fused-ring (bicyclic) bond motifs is 8. The lowest BCUT2D eigenvalue weighted by atomic mass is 10.0. The topological polar surface area (TPSA) is 94.7 Å². The number of nitrogens with one attached hydrogen (secondary N) is 2. The Morgan fingerprint density at radius 2 is 1.12 bits per heavy atom. The second-order valence-electron chi connectivity index (χ2n) is 9.95. The maximum absolute atomic E-state index is 11.5. The molecular weight excluding hydrogens is 496 g/mol. The average molecular weight is 521 g/mol. The molecule has 6 heteroatoms. The molecule has 40 heavy (non-hydrogen) atoms. The predicted octanol–water partition coefficient (Wildman–Crippen LogP) is 8.00. The van der Waals surface area contributed by atoms with Crippen LogP contribution in [0.2, 0.25) is 0 Å². The number of H-pyrrole nitrogens is 2. The van der Waals surface area contributed by atoms with E-state index >= 15 is 0 Å². The largest absolute Gasteiger partial charge is 0.478 e. The van der Waals surface area contributed by atoms with Gasteiger partial charge in [0.1, 0.15) is 0 Å². The smallest absolute Gasteiger partial charge is 0.335 e. The van der Waals surface area contributed by atoms with Gasteiger partial charge in [-0.25, -0.2) is 14.8 Å². The van der Waals surface area contributed by atoms with E-state index in [0.29, 0.717) is 0 Å². The zero-order valence-electron chi connectivity index (χ0n) is 21.6. The van der Waals surface area contributed by atoms with Gasteiger partial charge in [-0.1, -0.05) is 42.0 Å². The Kier molecular flexibility index (Phi) is 5.53. The third-order valence-corrected chi connectivity index (χ3v) is 7.16. The van der Waals surface area contributed by atoms with Crippen molar-refractivity contribution < 1.29 is 9.90 Å². The number of nitrogens with zero attached hydrogens (tertiary/aromatic N) is 2. The Bertz CT molecular complexity index is 2030. The summed E-state index contributed by atoms with van der Waals surface area (Å²) in [6, 6.07) is 27.6. The van der Waals surface area contributed by atoms with Crippen molar-refractivity contribution in [3.05, 3.63) is 119 Å². The molecule has 2 aliphatic rings. The van der Waals surface area contributed by atoms with Crippen LogP contribution < -0.4 is 0 Å². The number of carbonyl (C=O) groups is 1. The molecule has 0 aliphatic carbocycles. The number of carboxylic acid groups (broad SMARTS) is 1. The lowest BCUT2D eigenvalue weighted by Gasteiger charge is -2.06. The minimum atomic E-state index is -0.957. The highest BCUT2D eigenvalue weighted by Crippen LogP contribution is 2.34. The number of aromatic nitrogens is 4. The zero-order valence-corrected chi connectivity index (χ0v) is 21.6. The van der Waals surface area contributed by atoms with Gasteiger partial charge in [-0.05, 0) is 90.9 Å². The molecule has 0 saturated carbocycles. The Morgan fingerprint density at radius 3 is 1.62 bits per heavy atom. The lowest BCUT2D eigenvalue weighted by Crippen LogP contribution is -1.95. The van der Waals surface area contributed by atoms with Crippen LogP contribution in [-0.4, -0.2) is 31.0 Å². The molecule has 0 fully saturated rings. The zero-order chi connectivity index (χ0) is 27.2. The number of hydrogen-bond donors (Lipinski definition) is 3. The number of hydrogen-bond acceptors (Lipinski definition) is 3. The monoisotopic (exact) mass is 520 g/mol. The summed E-state index contributed by atoms with van der Waals surface area (Å²) in [6.45, 7) is 2.08. The molecule has 2 aliphatic heterocycles. The summed E-state index contributed by atoms with van der Waals surface area (Å²) in [5.74, 6) is -0.957. The average Bonchev–Trinajstić information content (AvgIpc) is 3.76. The van der Waals surface area contributed by atoms with Gasteiger partial charge in [0.05, 0.1) is 28.3 Å². The van der Waals surface area contributed by atoms with Gasteiger partial charge in [-0.15, -0.1) is 0 Å². The van der Waals surface area contributed by atoms with E-state index in [1.165, 1.54) is 5.56 Å². The van der Waals surface area contributed by atoms with Gasteiger partial charge in [0.25, 0.3) is 0 Å². The third kappa shape index (κ3) is 4.31. The van der Waals surface area contributed by atoms with Crippen LogP contribution in [0.25, 0.3) is 68.6 Å². The molecular formula is C34H24N4O2. The van der Waals surface area contributed by atoms with Crippen LogP contribution in [-0.2, 0) is 0 Å². The molecule has 7 rings (SSSR count). The summed E-state index contributed by atoms with van der Waals surface area (Å²) in [6.07, 6.45) is 8.06. The maximum Gasteiger partial charge on any atom is 0.335 e. The molecule has 2 aromatic carbocycles. The molecule has 0 atom stereocenters. The van der Waals surface area contributed by atoms with Gasteiger partial charge >= 0.3 is 5.97 Å². The highest BCUT2D eigenvalue weighted by molar-refractivity contribution is 5.96. The van der Waals surface area contributed by atoms with E-state index in [4.69, 9.17) is 9.97 Å². The van der Waals surface area contributed by atoms with Crippen LogP contribution in [0, 0.1) is 6.92 Å². The Morgan fingerprint density at radius 1 is 0.625 bits per heavy atom. The Balaban J connectivity index is 1.59. The Labute approximate surface area is 230 Å². The lowest BCUT2D eigenvalue weighted by molar-refractivity contribution is 0.0697. The summed E-state index contributed by atoms with van der Waals surface area (Å²) < 4.78 is 0. The van der Waals surface area contributed by atoms with Crippen LogP contribution in [0.4, 0.5) is 0 Å². The molecule has 5 aromatic rings. The van der Waals surface area contributed by atoms with Crippen LogP contribution >= 0.6 is 0 Å². The summed E-state index contributed by atoms with van der Waals surface area (Å²) in [5, 5.41) is 9.43. The van der Waals surface area contributed by atoms with E-state index < -0.39 is 5.97 Å². The number of benzene rings is 2. The third-order valence-electron chi connectivity index (χ3n) is 7.16. The minimum Gasteiger partial charge on any atom is -0.478 e. The molecule has 3 N–H and O–H groups in total. The van der Waals surface area contributed by atoms with Gasteiger partial charge in [-0.2, -0.15) is 0 Å². The van der Waals surface area contributed by atoms with E-state index in [1.54, 1.807) is 12.1 Å². The highest BCUT2D eigenvalue weighted by Gasteiger charge is 2.15. The van der Waals surface area contributed by atoms with E-state index in [1.807, 2.05) is 60.7 Å². The summed E-state index contributed by atoms with van der Waals surface area (Å²) >= 11 is 0. The van der Waals surface area contributed by atoms with Crippen molar-refractivity contribution in [3.8, 4) is 22.3 Å². The highest BCUT2D eigenvalue weighted by atomic mass is 16.4. The quantitative estimate of drug-likeness (QED) is 0.220. The van der Waals surface area contributed by atoms with E-state index in [2.05, 4.69) is 53.3 Å². The SMILES string of the molecule is Cc1ccc(-c2c3nc(c(-c4ccc(C(=O)O)cc4)c4ccc(cc5nc(cc6ccc2[nH]6)C=C5)[nH]4)C=C3)cc1. The predicted molar refractivity (Wildman–Crippen MR) is 161 cm³/mol. The van der Waals surface area contributed by atoms with Gasteiger partial charge in [0.15, 0.2) is 0 Å². The minimum absolute atomic E-state index is 0.238. The normalized spacial score (nSPS) is 12.1. The molecule has 0 unspecified atom stereocenters. The van der Waals surface area contributed by atoms with Gasteiger partial charge in [0.2, 0.25) is 0 Å². The van der Waals surface area contributed by atoms with Crippen molar-refractivity contribution in [1.82, 2.24) is 19.9 Å². The van der Waals surface area contributed by atoms with E-state index in [9.17, 15) is 9.90 Å². The number of aryl methyl sites for hydroxylation is 1. The number of aromatic carboxylic acids is 1. The van der Waals surface area contributed by atoms with Crippen molar-refractivity contribution in [2.75, 3.05) is 0 Å². The fourth-order valence-electron chi connectivity index (χ4n) is 5.18. The second kappa shape index (κ2) is 9.36. The van der Waals surface area contributed by atoms with E-state index in [-0.39, 0.29) is 5.56 Å². The molecule has 3 aromatic heterocycles. The molecule has 8 bridgehead atoms. The molecule has 0 radical (unpaired) electrons. The first-order valence-corrected chi connectivity index (χ1v) is 13.0. The summed E-state index contributed by atoms with van der Waals surface area (Å²) in [4.78, 5) is 28.5.